The van der Waals surface area contributed by atoms with Gasteiger partial charge in [0.2, 0.25) is 0 Å². The van der Waals surface area contributed by atoms with Gasteiger partial charge in [0.1, 0.15) is 0 Å². The van der Waals surface area contributed by atoms with Crippen LogP contribution in [0, 0.1) is 0 Å². The minimum atomic E-state index is 0.536. The van der Waals surface area contributed by atoms with E-state index in [1.165, 1.54) is 5.56 Å². The van der Waals surface area contributed by atoms with E-state index in [0.717, 1.165) is 54.6 Å². The van der Waals surface area contributed by atoms with Crippen LogP contribution in [0.5, 0.6) is 0 Å². The number of nitrogens with zero attached hydrogens (tertiary/aromatic N) is 1. The van der Waals surface area contributed by atoms with Crippen molar-refractivity contribution in [2.24, 2.45) is 0 Å². The van der Waals surface area contributed by atoms with Crippen LogP contribution in [-0.2, 0) is 13.1 Å². The van der Waals surface area contributed by atoms with Gasteiger partial charge in [-0.3, -0.25) is 4.90 Å². The normalized spacial score (nSPS) is 16.6. The summed E-state index contributed by atoms with van der Waals surface area (Å²) in [6, 6.07) is 16.9. The van der Waals surface area contributed by atoms with E-state index >= 15 is 0 Å². The number of rotatable bonds is 5. The molecule has 0 radical (unpaired) electrons. The fourth-order valence-corrected chi connectivity index (χ4v) is 3.62. The van der Waals surface area contributed by atoms with Crippen molar-refractivity contribution in [3.8, 4) is 0 Å². The third-order valence-corrected chi connectivity index (χ3v) is 5.17. The smallest absolute Gasteiger partial charge is 0.0465 e. The number of nitrogens with one attached hydrogen (secondary N) is 1. The van der Waals surface area contributed by atoms with Crippen LogP contribution in [-0.4, -0.2) is 24.0 Å². The second-order valence-electron chi connectivity index (χ2n) is 6.12. The Kier molecular flexibility index (Phi) is 5.96. The van der Waals surface area contributed by atoms with Gasteiger partial charge in [0.15, 0.2) is 0 Å². The molecular weight excluding hydrogens is 327 g/mol. The fourth-order valence-electron chi connectivity index (χ4n) is 3.08. The quantitative estimate of drug-likeness (QED) is 0.838. The van der Waals surface area contributed by atoms with Gasteiger partial charge in [-0.1, -0.05) is 59.6 Å². The summed E-state index contributed by atoms with van der Waals surface area (Å²) in [7, 11) is 0. The second-order valence-corrected chi connectivity index (χ2v) is 6.93. The molecule has 1 heterocycles. The Morgan fingerprint density at radius 2 is 1.57 bits per heavy atom. The highest BCUT2D eigenvalue weighted by Crippen LogP contribution is 2.24. The predicted octanol–water partition coefficient (Wildman–Crippen LogP) is 4.75. The molecule has 2 nitrogen and oxygen atoms in total. The molecule has 0 unspecified atom stereocenters. The first kappa shape index (κ1) is 16.8. The van der Waals surface area contributed by atoms with Crippen LogP contribution in [0.25, 0.3) is 0 Å². The average molecular weight is 349 g/mol. The van der Waals surface area contributed by atoms with Crippen molar-refractivity contribution in [2.75, 3.05) is 13.1 Å². The Balaban J connectivity index is 1.46. The number of benzene rings is 2. The molecule has 2 aromatic carbocycles. The SMILES string of the molecule is Clc1cccc(Cl)c1CNC1CCN(Cc2ccccc2)CC1. The number of likely N-dealkylation sites (tertiary alicyclic amines) is 1. The summed E-state index contributed by atoms with van der Waals surface area (Å²) in [5.41, 5.74) is 2.39. The zero-order valence-corrected chi connectivity index (χ0v) is 14.7. The Morgan fingerprint density at radius 1 is 0.913 bits per heavy atom. The molecule has 2 aromatic rings. The molecule has 1 aliphatic heterocycles. The van der Waals surface area contributed by atoms with E-state index in [1.54, 1.807) is 0 Å². The Hall–Kier alpha value is -1.06. The van der Waals surface area contributed by atoms with Gasteiger partial charge in [-0.25, -0.2) is 0 Å². The summed E-state index contributed by atoms with van der Waals surface area (Å²) >= 11 is 12.5. The third kappa shape index (κ3) is 4.71. The van der Waals surface area contributed by atoms with Gasteiger partial charge >= 0.3 is 0 Å². The van der Waals surface area contributed by atoms with E-state index in [2.05, 4.69) is 40.5 Å². The highest BCUT2D eigenvalue weighted by Gasteiger charge is 2.19. The van der Waals surface area contributed by atoms with Crippen molar-refractivity contribution in [3.63, 3.8) is 0 Å². The fraction of sp³-hybridized carbons (Fsp3) is 0.368. The standard InChI is InChI=1S/C19H22Cl2N2/c20-18-7-4-8-19(21)17(18)13-22-16-9-11-23(12-10-16)14-15-5-2-1-3-6-15/h1-8,16,22H,9-14H2. The molecule has 1 aliphatic rings. The molecule has 0 spiro atoms. The first-order valence-corrected chi connectivity index (χ1v) is 8.90. The average Bonchev–Trinajstić information content (AvgIpc) is 2.57. The molecule has 0 atom stereocenters. The first-order valence-electron chi connectivity index (χ1n) is 8.15. The van der Waals surface area contributed by atoms with Crippen LogP contribution in [0.15, 0.2) is 48.5 Å². The largest absolute Gasteiger partial charge is 0.310 e. The maximum absolute atomic E-state index is 6.23. The topological polar surface area (TPSA) is 15.3 Å². The maximum atomic E-state index is 6.23. The van der Waals surface area contributed by atoms with Crippen molar-refractivity contribution >= 4 is 23.2 Å². The Bertz CT molecular complexity index is 602. The van der Waals surface area contributed by atoms with Crippen molar-refractivity contribution in [1.82, 2.24) is 10.2 Å². The number of halogens is 2. The predicted molar refractivity (Wildman–Crippen MR) is 98.0 cm³/mol. The van der Waals surface area contributed by atoms with Crippen LogP contribution in [0.4, 0.5) is 0 Å². The summed E-state index contributed by atoms with van der Waals surface area (Å²) in [4.78, 5) is 2.52. The van der Waals surface area contributed by atoms with Crippen LogP contribution in [0.1, 0.15) is 24.0 Å². The lowest BCUT2D eigenvalue weighted by atomic mass is 10.0. The van der Waals surface area contributed by atoms with E-state index in [4.69, 9.17) is 23.2 Å². The molecular formula is C19H22Cl2N2. The van der Waals surface area contributed by atoms with Gasteiger partial charge in [-0.15, -0.1) is 0 Å². The third-order valence-electron chi connectivity index (χ3n) is 4.47. The van der Waals surface area contributed by atoms with E-state index in [1.807, 2.05) is 18.2 Å². The van der Waals surface area contributed by atoms with Crippen molar-refractivity contribution in [3.05, 3.63) is 69.7 Å². The zero-order valence-electron chi connectivity index (χ0n) is 13.1. The van der Waals surface area contributed by atoms with Crippen LogP contribution in [0.3, 0.4) is 0 Å². The number of hydrogen-bond acceptors (Lipinski definition) is 2. The lowest BCUT2D eigenvalue weighted by Gasteiger charge is -2.32. The van der Waals surface area contributed by atoms with Gasteiger partial charge < -0.3 is 5.32 Å². The molecule has 0 amide bonds. The highest BCUT2D eigenvalue weighted by molar-refractivity contribution is 6.35. The Labute approximate surface area is 148 Å². The van der Waals surface area contributed by atoms with Crippen LogP contribution < -0.4 is 5.32 Å². The lowest BCUT2D eigenvalue weighted by Crippen LogP contribution is -2.41. The highest BCUT2D eigenvalue weighted by atomic mass is 35.5. The lowest BCUT2D eigenvalue weighted by molar-refractivity contribution is 0.190. The van der Waals surface area contributed by atoms with Crippen LogP contribution in [0.2, 0.25) is 10.0 Å². The monoisotopic (exact) mass is 348 g/mol. The number of piperidine rings is 1. The molecule has 0 saturated carbocycles. The van der Waals surface area contributed by atoms with E-state index in [-0.39, 0.29) is 0 Å². The molecule has 0 aliphatic carbocycles. The van der Waals surface area contributed by atoms with Crippen LogP contribution >= 0.6 is 23.2 Å². The van der Waals surface area contributed by atoms with Crippen molar-refractivity contribution in [1.29, 1.82) is 0 Å². The second kappa shape index (κ2) is 8.16. The van der Waals surface area contributed by atoms with Gasteiger partial charge in [0.25, 0.3) is 0 Å². The number of hydrogen-bond donors (Lipinski definition) is 1. The van der Waals surface area contributed by atoms with Crippen molar-refractivity contribution < 1.29 is 0 Å². The molecule has 4 heteroatoms. The Morgan fingerprint density at radius 3 is 2.22 bits per heavy atom. The molecule has 122 valence electrons. The minimum absolute atomic E-state index is 0.536. The zero-order chi connectivity index (χ0) is 16.1. The van der Waals surface area contributed by atoms with Gasteiger partial charge in [0, 0.05) is 34.7 Å². The molecule has 23 heavy (non-hydrogen) atoms. The van der Waals surface area contributed by atoms with E-state index < -0.39 is 0 Å². The van der Waals surface area contributed by atoms with Gasteiger partial charge in [0.05, 0.1) is 0 Å². The first-order chi connectivity index (χ1) is 11.2. The summed E-state index contributed by atoms with van der Waals surface area (Å²) < 4.78 is 0. The summed E-state index contributed by atoms with van der Waals surface area (Å²) in [5, 5.41) is 5.09. The molecule has 1 saturated heterocycles. The van der Waals surface area contributed by atoms with Gasteiger partial charge in [-0.05, 0) is 43.6 Å². The molecule has 0 aromatic heterocycles. The molecule has 1 N–H and O–H groups in total. The van der Waals surface area contributed by atoms with E-state index in [9.17, 15) is 0 Å². The minimum Gasteiger partial charge on any atom is -0.310 e. The summed E-state index contributed by atoms with van der Waals surface area (Å²) in [6.07, 6.45) is 2.32. The molecule has 0 bridgehead atoms. The molecule has 1 fully saturated rings. The molecule has 3 rings (SSSR count). The maximum Gasteiger partial charge on any atom is 0.0465 e. The summed E-state index contributed by atoms with van der Waals surface area (Å²) in [5.74, 6) is 0. The van der Waals surface area contributed by atoms with E-state index in [0.29, 0.717) is 6.04 Å². The van der Waals surface area contributed by atoms with Gasteiger partial charge in [-0.2, -0.15) is 0 Å². The summed E-state index contributed by atoms with van der Waals surface area (Å²) in [6.45, 7) is 4.04. The van der Waals surface area contributed by atoms with Crippen molar-refractivity contribution in [2.45, 2.75) is 32.0 Å².